The Balaban J connectivity index is 2.18. The molecule has 1 N–H and O–H groups in total. The summed E-state index contributed by atoms with van der Waals surface area (Å²) in [5, 5.41) is 9.08. The molecule has 0 aromatic rings. The first-order chi connectivity index (χ1) is 6.09. The number of aliphatic hydroxyl groups excluding tert-OH is 1. The van der Waals surface area contributed by atoms with Crippen molar-refractivity contribution in [3.63, 3.8) is 0 Å². The van der Waals surface area contributed by atoms with Crippen molar-refractivity contribution in [1.82, 2.24) is 9.80 Å². The van der Waals surface area contributed by atoms with Crippen LogP contribution in [-0.2, 0) is 4.79 Å². The molecule has 1 atom stereocenters. The maximum Gasteiger partial charge on any atom is 0.236 e. The van der Waals surface area contributed by atoms with Crippen LogP contribution in [0.3, 0.4) is 0 Å². The van der Waals surface area contributed by atoms with E-state index in [0.717, 1.165) is 19.5 Å². The summed E-state index contributed by atoms with van der Waals surface area (Å²) in [5.41, 5.74) is 0. The van der Waals surface area contributed by atoms with Gasteiger partial charge in [0, 0.05) is 19.6 Å². The van der Waals surface area contributed by atoms with Crippen LogP contribution in [0.1, 0.15) is 13.3 Å². The fourth-order valence-electron chi connectivity index (χ4n) is 1.41. The van der Waals surface area contributed by atoms with Crippen LogP contribution in [-0.4, -0.2) is 60.1 Å². The standard InChI is InChI=1S/C9H18N2O2/c1-8(12)6-10(2)7-9(13)11-4-3-5-11/h8,12H,3-7H2,1-2H3. The predicted octanol–water partition coefficient (Wildman–Crippen LogP) is -0.469. The molecule has 1 amide bonds. The van der Waals surface area contributed by atoms with Crippen molar-refractivity contribution >= 4 is 5.91 Å². The molecule has 1 aliphatic heterocycles. The maximum atomic E-state index is 11.4. The Morgan fingerprint density at radius 3 is 2.62 bits per heavy atom. The third-order valence-corrected chi connectivity index (χ3v) is 2.19. The summed E-state index contributed by atoms with van der Waals surface area (Å²) in [4.78, 5) is 15.1. The molecule has 1 saturated heterocycles. The number of carbonyl (C=O) groups is 1. The molecule has 4 nitrogen and oxygen atoms in total. The lowest BCUT2D eigenvalue weighted by atomic mass is 10.2. The predicted molar refractivity (Wildman–Crippen MR) is 50.4 cm³/mol. The molecule has 1 heterocycles. The molecule has 0 aliphatic carbocycles. The van der Waals surface area contributed by atoms with Crippen LogP contribution in [0.4, 0.5) is 0 Å². The minimum Gasteiger partial charge on any atom is -0.392 e. The molecule has 0 saturated carbocycles. The highest BCUT2D eigenvalue weighted by Gasteiger charge is 2.21. The van der Waals surface area contributed by atoms with E-state index < -0.39 is 0 Å². The van der Waals surface area contributed by atoms with Crippen molar-refractivity contribution in [3.8, 4) is 0 Å². The zero-order valence-electron chi connectivity index (χ0n) is 8.36. The van der Waals surface area contributed by atoms with E-state index in [0.29, 0.717) is 13.1 Å². The van der Waals surface area contributed by atoms with E-state index in [4.69, 9.17) is 5.11 Å². The lowest BCUT2D eigenvalue weighted by Gasteiger charge is -2.32. The number of likely N-dealkylation sites (N-methyl/N-ethyl adjacent to an activating group) is 1. The van der Waals surface area contributed by atoms with Gasteiger partial charge in [-0.15, -0.1) is 0 Å². The van der Waals surface area contributed by atoms with E-state index in [1.54, 1.807) is 6.92 Å². The van der Waals surface area contributed by atoms with Gasteiger partial charge in [-0.1, -0.05) is 0 Å². The Bertz CT molecular complexity index is 178. The van der Waals surface area contributed by atoms with Gasteiger partial charge in [-0.2, -0.15) is 0 Å². The van der Waals surface area contributed by atoms with Crippen molar-refractivity contribution in [1.29, 1.82) is 0 Å². The molecule has 1 unspecified atom stereocenters. The third kappa shape index (κ3) is 3.32. The maximum absolute atomic E-state index is 11.4. The van der Waals surface area contributed by atoms with Gasteiger partial charge in [0.15, 0.2) is 0 Å². The van der Waals surface area contributed by atoms with Crippen molar-refractivity contribution < 1.29 is 9.90 Å². The zero-order valence-corrected chi connectivity index (χ0v) is 8.36. The van der Waals surface area contributed by atoms with Gasteiger partial charge >= 0.3 is 0 Å². The summed E-state index contributed by atoms with van der Waals surface area (Å²) in [6, 6.07) is 0. The van der Waals surface area contributed by atoms with Gasteiger partial charge in [0.1, 0.15) is 0 Å². The summed E-state index contributed by atoms with van der Waals surface area (Å²) in [5.74, 6) is 0.175. The molecule has 0 aromatic heterocycles. The number of carbonyl (C=O) groups excluding carboxylic acids is 1. The fraction of sp³-hybridized carbons (Fsp3) is 0.889. The van der Waals surface area contributed by atoms with E-state index in [1.165, 1.54) is 0 Å². The lowest BCUT2D eigenvalue weighted by Crippen LogP contribution is -2.47. The van der Waals surface area contributed by atoms with Crippen LogP contribution in [0.25, 0.3) is 0 Å². The van der Waals surface area contributed by atoms with Crippen molar-refractivity contribution in [2.24, 2.45) is 0 Å². The molecule has 13 heavy (non-hydrogen) atoms. The van der Waals surface area contributed by atoms with Gasteiger partial charge in [-0.3, -0.25) is 9.69 Å². The van der Waals surface area contributed by atoms with Crippen LogP contribution in [0.15, 0.2) is 0 Å². The Labute approximate surface area is 79.1 Å². The van der Waals surface area contributed by atoms with Crippen LogP contribution < -0.4 is 0 Å². The van der Waals surface area contributed by atoms with Gasteiger partial charge in [-0.05, 0) is 20.4 Å². The number of nitrogens with zero attached hydrogens (tertiary/aromatic N) is 2. The van der Waals surface area contributed by atoms with Crippen LogP contribution in [0, 0.1) is 0 Å². The van der Waals surface area contributed by atoms with E-state index >= 15 is 0 Å². The van der Waals surface area contributed by atoms with Crippen molar-refractivity contribution in [2.45, 2.75) is 19.4 Å². The Morgan fingerprint density at radius 2 is 2.23 bits per heavy atom. The van der Waals surface area contributed by atoms with Crippen molar-refractivity contribution in [2.75, 3.05) is 33.2 Å². The van der Waals surface area contributed by atoms with E-state index in [9.17, 15) is 4.79 Å². The second-order valence-corrected chi connectivity index (χ2v) is 3.78. The molecular weight excluding hydrogens is 168 g/mol. The van der Waals surface area contributed by atoms with Crippen LogP contribution in [0.2, 0.25) is 0 Å². The van der Waals surface area contributed by atoms with Crippen molar-refractivity contribution in [3.05, 3.63) is 0 Å². The van der Waals surface area contributed by atoms with Gasteiger partial charge < -0.3 is 10.0 Å². The highest BCUT2D eigenvalue weighted by Crippen LogP contribution is 2.06. The van der Waals surface area contributed by atoms with E-state index in [1.807, 2.05) is 16.8 Å². The zero-order chi connectivity index (χ0) is 9.84. The lowest BCUT2D eigenvalue weighted by molar-refractivity contribution is -0.135. The van der Waals surface area contributed by atoms with E-state index in [2.05, 4.69) is 0 Å². The quantitative estimate of drug-likeness (QED) is 0.645. The fourth-order valence-corrected chi connectivity index (χ4v) is 1.41. The van der Waals surface area contributed by atoms with Gasteiger partial charge in [0.05, 0.1) is 12.6 Å². The minimum atomic E-state index is -0.366. The van der Waals surface area contributed by atoms with Crippen LogP contribution in [0.5, 0.6) is 0 Å². The third-order valence-electron chi connectivity index (χ3n) is 2.19. The molecule has 0 radical (unpaired) electrons. The number of hydrogen-bond acceptors (Lipinski definition) is 3. The minimum absolute atomic E-state index is 0.175. The van der Waals surface area contributed by atoms with E-state index in [-0.39, 0.29) is 12.0 Å². The SMILES string of the molecule is CC(O)CN(C)CC(=O)N1CCC1. The number of likely N-dealkylation sites (tertiary alicyclic amines) is 1. The second-order valence-electron chi connectivity index (χ2n) is 3.78. The Hall–Kier alpha value is -0.610. The van der Waals surface area contributed by atoms with Gasteiger partial charge in [0.25, 0.3) is 0 Å². The first-order valence-corrected chi connectivity index (χ1v) is 4.74. The molecule has 0 aromatic carbocycles. The monoisotopic (exact) mass is 186 g/mol. The average molecular weight is 186 g/mol. The average Bonchev–Trinajstić information content (AvgIpc) is 1.78. The smallest absolute Gasteiger partial charge is 0.236 e. The topological polar surface area (TPSA) is 43.8 Å². The normalized spacial score (nSPS) is 18.6. The summed E-state index contributed by atoms with van der Waals surface area (Å²) >= 11 is 0. The number of rotatable bonds is 4. The molecule has 0 spiro atoms. The number of amides is 1. The Kier molecular flexibility index (Phi) is 3.69. The highest BCUT2D eigenvalue weighted by atomic mass is 16.3. The number of aliphatic hydroxyl groups is 1. The highest BCUT2D eigenvalue weighted by molar-refractivity contribution is 5.78. The molecule has 1 aliphatic rings. The van der Waals surface area contributed by atoms with Gasteiger partial charge in [-0.25, -0.2) is 0 Å². The summed E-state index contributed by atoms with van der Waals surface area (Å²) < 4.78 is 0. The molecule has 1 rings (SSSR count). The largest absolute Gasteiger partial charge is 0.392 e. The second kappa shape index (κ2) is 4.58. The number of hydrogen-bond donors (Lipinski definition) is 1. The molecule has 1 fully saturated rings. The summed E-state index contributed by atoms with van der Waals surface area (Å²) in [7, 11) is 1.85. The summed E-state index contributed by atoms with van der Waals surface area (Å²) in [6.45, 7) is 4.51. The molecular formula is C9H18N2O2. The molecule has 4 heteroatoms. The molecule has 0 bridgehead atoms. The molecule has 76 valence electrons. The summed E-state index contributed by atoms with van der Waals surface area (Å²) in [6.07, 6.45) is 0.764. The first kappa shape index (κ1) is 10.5. The van der Waals surface area contributed by atoms with Crippen LogP contribution >= 0.6 is 0 Å². The van der Waals surface area contributed by atoms with Gasteiger partial charge in [0.2, 0.25) is 5.91 Å². The Morgan fingerprint density at radius 1 is 1.62 bits per heavy atom. The first-order valence-electron chi connectivity index (χ1n) is 4.74.